The predicted octanol–water partition coefficient (Wildman–Crippen LogP) is 8.59. The molecular formula is C37H41N3O4S. The number of carbonyl (C=O) groups is 1. The van der Waals surface area contributed by atoms with Crippen molar-refractivity contribution in [2.24, 2.45) is 5.41 Å². The van der Waals surface area contributed by atoms with Gasteiger partial charge in [-0.25, -0.2) is 0 Å². The first kappa shape index (κ1) is 32.1. The SMILES string of the molecule is COc1cccnc1-c1ccc(Cn2c(CC(C)(C)C(=O)O)c(SC(C)(C)C)c3cc(OCc4ccc(C)cn4)ccc32)cc1. The molecule has 0 radical (unpaired) electrons. The molecule has 3 heterocycles. The molecule has 5 rings (SSSR count). The number of fused-ring (bicyclic) bond motifs is 1. The molecule has 0 saturated carbocycles. The van der Waals surface area contributed by atoms with Gasteiger partial charge in [-0.1, -0.05) is 51.1 Å². The van der Waals surface area contributed by atoms with E-state index in [1.54, 1.807) is 38.9 Å². The zero-order valence-electron chi connectivity index (χ0n) is 27.0. The van der Waals surface area contributed by atoms with Crippen LogP contribution in [-0.4, -0.2) is 37.5 Å². The van der Waals surface area contributed by atoms with Gasteiger partial charge in [0, 0.05) is 57.2 Å². The largest absolute Gasteiger partial charge is 0.494 e. The summed E-state index contributed by atoms with van der Waals surface area (Å²) >= 11 is 1.77. The highest BCUT2D eigenvalue weighted by atomic mass is 32.2. The van der Waals surface area contributed by atoms with Crippen molar-refractivity contribution in [1.82, 2.24) is 14.5 Å². The maximum atomic E-state index is 12.4. The van der Waals surface area contributed by atoms with E-state index in [0.717, 1.165) is 61.1 Å². The fourth-order valence-electron chi connectivity index (χ4n) is 5.18. The number of hydrogen-bond donors (Lipinski definition) is 1. The van der Waals surface area contributed by atoms with Gasteiger partial charge in [0.1, 0.15) is 23.8 Å². The fourth-order valence-corrected chi connectivity index (χ4v) is 6.37. The molecule has 0 aliphatic rings. The molecule has 234 valence electrons. The second-order valence-corrected chi connectivity index (χ2v) is 14.8. The first-order valence-corrected chi connectivity index (χ1v) is 15.9. The molecule has 45 heavy (non-hydrogen) atoms. The van der Waals surface area contributed by atoms with Gasteiger partial charge in [0.15, 0.2) is 0 Å². The van der Waals surface area contributed by atoms with Gasteiger partial charge in [0.2, 0.25) is 0 Å². The lowest BCUT2D eigenvalue weighted by atomic mass is 9.88. The van der Waals surface area contributed by atoms with Crippen molar-refractivity contribution in [2.45, 2.75) is 70.8 Å². The highest BCUT2D eigenvalue weighted by molar-refractivity contribution is 8.00. The molecule has 0 unspecified atom stereocenters. The summed E-state index contributed by atoms with van der Waals surface area (Å²) in [6.07, 6.45) is 3.98. The van der Waals surface area contributed by atoms with E-state index in [1.165, 1.54) is 0 Å². The average molecular weight is 624 g/mol. The van der Waals surface area contributed by atoms with Crippen molar-refractivity contribution in [3.63, 3.8) is 0 Å². The third-order valence-corrected chi connectivity index (χ3v) is 8.88. The van der Waals surface area contributed by atoms with Gasteiger partial charge in [0.05, 0.1) is 18.2 Å². The molecule has 1 N–H and O–H groups in total. The van der Waals surface area contributed by atoms with Crippen LogP contribution >= 0.6 is 11.8 Å². The lowest BCUT2D eigenvalue weighted by Gasteiger charge is -2.24. The van der Waals surface area contributed by atoms with Gasteiger partial charge >= 0.3 is 5.97 Å². The Labute approximate surface area is 269 Å². The number of pyridine rings is 2. The number of benzene rings is 2. The van der Waals surface area contributed by atoms with E-state index in [2.05, 4.69) is 71.7 Å². The van der Waals surface area contributed by atoms with E-state index in [0.29, 0.717) is 19.6 Å². The number of nitrogens with zero attached hydrogens (tertiary/aromatic N) is 3. The van der Waals surface area contributed by atoms with Crippen molar-refractivity contribution in [3.8, 4) is 22.8 Å². The van der Waals surface area contributed by atoms with E-state index < -0.39 is 11.4 Å². The quantitative estimate of drug-likeness (QED) is 0.148. The van der Waals surface area contributed by atoms with Crippen LogP contribution in [0.15, 0.2) is 84.0 Å². The molecule has 0 amide bonds. The van der Waals surface area contributed by atoms with Crippen LogP contribution in [-0.2, 0) is 24.4 Å². The van der Waals surface area contributed by atoms with Gasteiger partial charge in [-0.05, 0) is 68.3 Å². The number of carboxylic acid groups (broad SMARTS) is 1. The van der Waals surface area contributed by atoms with Gasteiger partial charge < -0.3 is 19.1 Å². The van der Waals surface area contributed by atoms with Crippen LogP contribution in [0.25, 0.3) is 22.2 Å². The molecule has 5 aromatic rings. The molecule has 0 fully saturated rings. The first-order chi connectivity index (χ1) is 21.3. The highest BCUT2D eigenvalue weighted by Gasteiger charge is 2.33. The average Bonchev–Trinajstić information content (AvgIpc) is 3.26. The van der Waals surface area contributed by atoms with E-state index in [-0.39, 0.29) is 4.75 Å². The summed E-state index contributed by atoms with van der Waals surface area (Å²) in [6.45, 7) is 13.1. The van der Waals surface area contributed by atoms with Crippen LogP contribution in [0.1, 0.15) is 57.1 Å². The Kier molecular flexibility index (Phi) is 9.26. The Balaban J connectivity index is 1.58. The third-order valence-electron chi connectivity index (χ3n) is 7.61. The smallest absolute Gasteiger partial charge is 0.309 e. The molecular weight excluding hydrogens is 582 g/mol. The van der Waals surface area contributed by atoms with Crippen LogP contribution in [0.5, 0.6) is 11.5 Å². The number of carboxylic acids is 1. The monoisotopic (exact) mass is 623 g/mol. The van der Waals surface area contributed by atoms with Crippen LogP contribution in [0, 0.1) is 12.3 Å². The Morgan fingerprint density at radius 1 is 0.978 bits per heavy atom. The van der Waals surface area contributed by atoms with Crippen molar-refractivity contribution < 1.29 is 19.4 Å². The molecule has 8 heteroatoms. The maximum Gasteiger partial charge on any atom is 0.309 e. The molecule has 0 atom stereocenters. The number of aryl methyl sites for hydroxylation is 1. The second kappa shape index (κ2) is 13.0. The number of methoxy groups -OCH3 is 1. The molecule has 3 aromatic heterocycles. The number of aromatic nitrogens is 3. The van der Waals surface area contributed by atoms with Gasteiger partial charge in [-0.3, -0.25) is 14.8 Å². The molecule has 0 saturated heterocycles. The normalized spacial score (nSPS) is 12.0. The van der Waals surface area contributed by atoms with Crippen LogP contribution in [0.4, 0.5) is 0 Å². The molecule has 7 nitrogen and oxygen atoms in total. The number of rotatable bonds is 11. The third kappa shape index (κ3) is 7.51. The van der Waals surface area contributed by atoms with E-state index in [9.17, 15) is 9.90 Å². The maximum absolute atomic E-state index is 12.4. The zero-order chi connectivity index (χ0) is 32.4. The Bertz CT molecular complexity index is 1800. The van der Waals surface area contributed by atoms with E-state index in [4.69, 9.17) is 9.47 Å². The first-order valence-electron chi connectivity index (χ1n) is 15.0. The molecule has 0 aliphatic carbocycles. The lowest BCUT2D eigenvalue weighted by molar-refractivity contribution is -0.146. The van der Waals surface area contributed by atoms with Crippen LogP contribution in [0.3, 0.4) is 0 Å². The van der Waals surface area contributed by atoms with E-state index >= 15 is 0 Å². The predicted molar refractivity (Wildman–Crippen MR) is 181 cm³/mol. The summed E-state index contributed by atoms with van der Waals surface area (Å²) in [4.78, 5) is 22.5. The standard InChI is InChI=1S/C37H41N3O4S/c1-24-10-15-27(39-21-24)23-44-28-16-17-30-29(19-28)34(45-36(2,3)4)31(20-37(5,6)35(41)42)40(30)22-25-11-13-26(14-12-25)33-32(43-7)9-8-18-38-33/h8-19,21H,20,22-23H2,1-7H3,(H,41,42). The van der Waals surface area contributed by atoms with Crippen molar-refractivity contribution >= 4 is 28.6 Å². The molecule has 0 spiro atoms. The van der Waals surface area contributed by atoms with E-state index in [1.807, 2.05) is 43.5 Å². The number of ether oxygens (including phenoxy) is 2. The van der Waals surface area contributed by atoms with Crippen molar-refractivity contribution in [1.29, 1.82) is 0 Å². The minimum Gasteiger partial charge on any atom is -0.494 e. The summed E-state index contributed by atoms with van der Waals surface area (Å²) in [5.74, 6) is 0.643. The van der Waals surface area contributed by atoms with Gasteiger partial charge in [-0.2, -0.15) is 0 Å². The minimum atomic E-state index is -0.963. The fraction of sp³-hybridized carbons (Fsp3) is 0.324. The summed E-state index contributed by atoms with van der Waals surface area (Å²) in [7, 11) is 1.65. The van der Waals surface area contributed by atoms with Crippen LogP contribution in [0.2, 0.25) is 0 Å². The minimum absolute atomic E-state index is 0.104. The second-order valence-electron chi connectivity index (χ2n) is 13.0. The lowest BCUT2D eigenvalue weighted by Crippen LogP contribution is -2.28. The summed E-state index contributed by atoms with van der Waals surface area (Å²) in [6, 6.07) is 22.3. The Morgan fingerprint density at radius 3 is 2.38 bits per heavy atom. The van der Waals surface area contributed by atoms with Gasteiger partial charge in [0.25, 0.3) is 0 Å². The number of aliphatic carboxylic acids is 1. The molecule has 2 aromatic carbocycles. The van der Waals surface area contributed by atoms with Crippen molar-refractivity contribution in [3.05, 3.63) is 102 Å². The Hall–Kier alpha value is -4.30. The summed E-state index contributed by atoms with van der Waals surface area (Å²) in [5, 5.41) is 11.2. The summed E-state index contributed by atoms with van der Waals surface area (Å²) in [5.41, 5.74) is 5.90. The molecule has 0 aliphatic heterocycles. The number of thioether (sulfide) groups is 1. The van der Waals surface area contributed by atoms with Gasteiger partial charge in [-0.15, -0.1) is 11.8 Å². The molecule has 0 bridgehead atoms. The number of hydrogen-bond acceptors (Lipinski definition) is 6. The van der Waals surface area contributed by atoms with Crippen LogP contribution < -0.4 is 9.47 Å². The topological polar surface area (TPSA) is 86.5 Å². The Morgan fingerprint density at radius 2 is 1.73 bits per heavy atom. The summed E-state index contributed by atoms with van der Waals surface area (Å²) < 4.78 is 13.9. The zero-order valence-corrected chi connectivity index (χ0v) is 27.9. The van der Waals surface area contributed by atoms with Crippen molar-refractivity contribution in [2.75, 3.05) is 7.11 Å². The highest BCUT2D eigenvalue weighted by Crippen LogP contribution is 2.44.